The van der Waals surface area contributed by atoms with Gasteiger partial charge in [0.25, 0.3) is 11.1 Å². The Bertz CT molecular complexity index is 1250. The highest BCUT2D eigenvalue weighted by atomic mass is 32.1. The van der Waals surface area contributed by atoms with E-state index < -0.39 is 0 Å². The van der Waals surface area contributed by atoms with Crippen molar-refractivity contribution in [2.75, 3.05) is 6.54 Å². The highest BCUT2D eigenvalue weighted by Gasteiger charge is 2.22. The van der Waals surface area contributed by atoms with Gasteiger partial charge in [0.15, 0.2) is 0 Å². The molecule has 2 aromatic heterocycles. The van der Waals surface area contributed by atoms with Crippen molar-refractivity contribution in [1.29, 1.82) is 0 Å². The van der Waals surface area contributed by atoms with E-state index in [2.05, 4.69) is 27.4 Å². The number of carbonyl (C=O) groups excluding carboxylic acids is 1. The van der Waals surface area contributed by atoms with Crippen LogP contribution in [0, 0.1) is 6.92 Å². The summed E-state index contributed by atoms with van der Waals surface area (Å²) >= 11 is 2.85. The Morgan fingerprint density at radius 2 is 2.09 bits per heavy atom. The van der Waals surface area contributed by atoms with Gasteiger partial charge in [-0.1, -0.05) is 41.7 Å². The van der Waals surface area contributed by atoms with E-state index in [0.717, 1.165) is 36.3 Å². The van der Waals surface area contributed by atoms with E-state index in [9.17, 15) is 4.79 Å². The molecule has 0 bridgehead atoms. The van der Waals surface area contributed by atoms with E-state index in [4.69, 9.17) is 9.47 Å². The van der Waals surface area contributed by atoms with E-state index in [1.807, 2.05) is 48.8 Å². The molecule has 2 aromatic carbocycles. The Morgan fingerprint density at radius 1 is 1.21 bits per heavy atom. The molecule has 0 radical (unpaired) electrons. The first-order valence-corrected chi connectivity index (χ1v) is 12.5. The van der Waals surface area contributed by atoms with E-state index in [1.54, 1.807) is 17.5 Å². The smallest absolute Gasteiger partial charge is 0.279 e. The average molecular weight is 478 g/mol. The van der Waals surface area contributed by atoms with Gasteiger partial charge in [-0.15, -0.1) is 11.3 Å². The summed E-state index contributed by atoms with van der Waals surface area (Å²) in [6.45, 7) is 2.54. The quantitative estimate of drug-likeness (QED) is 0.367. The van der Waals surface area contributed by atoms with E-state index >= 15 is 0 Å². The number of nitrogens with zero attached hydrogens (tertiary/aromatic N) is 2. The molecule has 6 nitrogen and oxygen atoms in total. The fraction of sp³-hybridized carbons (Fsp3) is 0.240. The molecule has 33 heavy (non-hydrogen) atoms. The minimum Gasteiger partial charge on any atom is -0.485 e. The number of ether oxygens (including phenoxy) is 2. The van der Waals surface area contributed by atoms with Crippen molar-refractivity contribution in [3.05, 3.63) is 86.8 Å². The van der Waals surface area contributed by atoms with Crippen molar-refractivity contribution in [1.82, 2.24) is 15.3 Å². The first-order valence-electron chi connectivity index (χ1n) is 10.8. The van der Waals surface area contributed by atoms with Gasteiger partial charge in [0.1, 0.15) is 22.5 Å². The Hall–Kier alpha value is -3.23. The predicted molar refractivity (Wildman–Crippen MR) is 130 cm³/mol. The molecule has 1 amide bonds. The topological polar surface area (TPSA) is 73.3 Å². The van der Waals surface area contributed by atoms with Crippen LogP contribution in [0.2, 0.25) is 0 Å². The van der Waals surface area contributed by atoms with Gasteiger partial charge in [0.2, 0.25) is 0 Å². The molecule has 1 N–H and O–H groups in total. The van der Waals surface area contributed by atoms with E-state index in [-0.39, 0.29) is 12.0 Å². The van der Waals surface area contributed by atoms with Crippen molar-refractivity contribution < 1.29 is 14.3 Å². The third-order valence-electron chi connectivity index (χ3n) is 5.54. The van der Waals surface area contributed by atoms with Crippen LogP contribution >= 0.6 is 22.7 Å². The first kappa shape index (κ1) is 21.6. The molecule has 0 fully saturated rings. The third-order valence-corrected chi connectivity index (χ3v) is 7.41. The maximum atomic E-state index is 12.4. The molecule has 1 unspecified atom stereocenters. The molecule has 5 rings (SSSR count). The van der Waals surface area contributed by atoms with Gasteiger partial charge in [0, 0.05) is 17.8 Å². The summed E-state index contributed by atoms with van der Waals surface area (Å²) < 4.78 is 12.1. The fourth-order valence-electron chi connectivity index (χ4n) is 3.78. The molecule has 8 heteroatoms. The zero-order valence-corrected chi connectivity index (χ0v) is 19.7. The lowest BCUT2D eigenvalue weighted by atomic mass is 9.97. The number of thiazole rings is 2. The summed E-state index contributed by atoms with van der Waals surface area (Å²) in [5.41, 5.74) is 5.16. The third kappa shape index (κ3) is 5.07. The van der Waals surface area contributed by atoms with Gasteiger partial charge in [-0.25, -0.2) is 9.97 Å². The van der Waals surface area contributed by atoms with Gasteiger partial charge in [-0.3, -0.25) is 4.79 Å². The van der Waals surface area contributed by atoms with Crippen LogP contribution in [-0.4, -0.2) is 22.4 Å². The zero-order valence-electron chi connectivity index (χ0n) is 18.1. The largest absolute Gasteiger partial charge is 0.485 e. The molecule has 1 aliphatic rings. The van der Waals surface area contributed by atoms with Crippen LogP contribution in [0.3, 0.4) is 0 Å². The maximum Gasteiger partial charge on any atom is 0.279 e. The van der Waals surface area contributed by atoms with Gasteiger partial charge in [-0.2, -0.15) is 0 Å². The van der Waals surface area contributed by atoms with Crippen LogP contribution in [0.25, 0.3) is 0 Å². The molecule has 1 aliphatic heterocycles. The second-order valence-corrected chi connectivity index (χ2v) is 9.72. The van der Waals surface area contributed by atoms with Gasteiger partial charge in [-0.05, 0) is 49.1 Å². The lowest BCUT2D eigenvalue weighted by Crippen LogP contribution is -2.24. The number of aromatic nitrogens is 2. The van der Waals surface area contributed by atoms with Gasteiger partial charge >= 0.3 is 0 Å². The summed E-state index contributed by atoms with van der Waals surface area (Å²) in [6.07, 6.45) is 4.23. The first-order chi connectivity index (χ1) is 16.2. The van der Waals surface area contributed by atoms with Crippen LogP contribution in [0.1, 0.15) is 43.9 Å². The van der Waals surface area contributed by atoms with Crippen LogP contribution in [0.4, 0.5) is 0 Å². The lowest BCUT2D eigenvalue weighted by molar-refractivity contribution is 0.0958. The Labute approximate surface area is 200 Å². The molecule has 0 aliphatic carbocycles. The lowest BCUT2D eigenvalue weighted by Gasteiger charge is -2.26. The van der Waals surface area contributed by atoms with Crippen LogP contribution < -0.4 is 14.8 Å². The number of rotatable bonds is 7. The normalized spacial score (nSPS) is 14.9. The number of nitrogens with one attached hydrogen (secondary N) is 1. The molecule has 0 saturated heterocycles. The summed E-state index contributed by atoms with van der Waals surface area (Å²) in [7, 11) is 0. The zero-order chi connectivity index (χ0) is 22.6. The molecule has 0 spiro atoms. The summed E-state index contributed by atoms with van der Waals surface area (Å²) in [5, 5.41) is 3.38. The van der Waals surface area contributed by atoms with E-state index in [0.29, 0.717) is 22.4 Å². The molecule has 1 atom stereocenters. The molecular weight excluding hydrogens is 454 g/mol. The minimum absolute atomic E-state index is 0.0745. The number of carbonyl (C=O) groups is 1. The molecule has 4 aromatic rings. The standard InChI is InChI=1S/C25H23N3O3S2/c1-16-22(32-15-28-16)11-12-26-24(29)23-14-27-25(33-23)30-19-8-10-21-18(13-19)7-9-20(31-21)17-5-3-2-4-6-17/h2-6,8,10,13-15,20H,7,9,11-12H2,1H3,(H,26,29). The van der Waals surface area contributed by atoms with E-state index in [1.165, 1.54) is 21.8 Å². The second kappa shape index (κ2) is 9.72. The fourth-order valence-corrected chi connectivity index (χ4v) is 5.27. The Kier molecular flexibility index (Phi) is 6.37. The number of hydrogen-bond acceptors (Lipinski definition) is 7. The number of hydrogen-bond donors (Lipinski definition) is 1. The predicted octanol–water partition coefficient (Wildman–Crippen LogP) is 5.74. The van der Waals surface area contributed by atoms with Crippen molar-refractivity contribution in [2.45, 2.75) is 32.3 Å². The maximum absolute atomic E-state index is 12.4. The van der Waals surface area contributed by atoms with Crippen LogP contribution in [0.5, 0.6) is 16.7 Å². The van der Waals surface area contributed by atoms with Crippen molar-refractivity contribution in [2.24, 2.45) is 0 Å². The second-order valence-electron chi connectivity index (χ2n) is 7.78. The molecular formula is C25H23N3O3S2. The number of amides is 1. The van der Waals surface area contributed by atoms with Crippen LogP contribution in [-0.2, 0) is 12.8 Å². The van der Waals surface area contributed by atoms with Gasteiger partial charge in [0.05, 0.1) is 17.4 Å². The number of benzene rings is 2. The molecule has 168 valence electrons. The monoisotopic (exact) mass is 477 g/mol. The summed E-state index contributed by atoms with van der Waals surface area (Å²) in [4.78, 5) is 22.7. The Morgan fingerprint density at radius 3 is 2.91 bits per heavy atom. The van der Waals surface area contributed by atoms with Crippen molar-refractivity contribution in [3.63, 3.8) is 0 Å². The van der Waals surface area contributed by atoms with Crippen LogP contribution in [0.15, 0.2) is 60.2 Å². The molecule has 3 heterocycles. The SMILES string of the molecule is Cc1ncsc1CCNC(=O)c1cnc(Oc2ccc3c(c2)CCC(c2ccccc2)O3)s1. The highest BCUT2D eigenvalue weighted by molar-refractivity contribution is 7.15. The van der Waals surface area contributed by atoms with Gasteiger partial charge < -0.3 is 14.8 Å². The number of fused-ring (bicyclic) bond motifs is 1. The summed E-state index contributed by atoms with van der Waals surface area (Å²) in [5.74, 6) is 1.44. The number of aryl methyl sites for hydroxylation is 2. The minimum atomic E-state index is -0.143. The molecule has 0 saturated carbocycles. The van der Waals surface area contributed by atoms with Crippen molar-refractivity contribution in [3.8, 4) is 16.7 Å². The highest BCUT2D eigenvalue weighted by Crippen LogP contribution is 2.38. The Balaban J connectivity index is 1.18. The van der Waals surface area contributed by atoms with Crippen molar-refractivity contribution >= 4 is 28.6 Å². The average Bonchev–Trinajstić information content (AvgIpc) is 3.48. The summed E-state index contributed by atoms with van der Waals surface area (Å²) in [6, 6.07) is 16.1.